The number of rotatable bonds is 9. The molecule has 12 aromatic carbocycles. The lowest BCUT2D eigenvalue weighted by Gasteiger charge is -2.34. The van der Waals surface area contributed by atoms with Crippen LogP contribution in [0.3, 0.4) is 0 Å². The quantitative estimate of drug-likeness (QED) is 0.140. The van der Waals surface area contributed by atoms with Crippen LogP contribution in [0, 0.1) is 0 Å². The average Bonchev–Trinajstić information content (AvgIpc) is 3.75. The summed E-state index contributed by atoms with van der Waals surface area (Å²) in [4.78, 5) is 2.39. The molecule has 1 aliphatic carbocycles. The van der Waals surface area contributed by atoms with Crippen molar-refractivity contribution < 1.29 is 0 Å². The van der Waals surface area contributed by atoms with Crippen molar-refractivity contribution >= 4 is 38.6 Å². The average molecular weight is 890 g/mol. The summed E-state index contributed by atoms with van der Waals surface area (Å²) in [7, 11) is 0. The van der Waals surface area contributed by atoms with E-state index < -0.39 is 5.41 Å². The third kappa shape index (κ3) is 7.02. The van der Waals surface area contributed by atoms with Gasteiger partial charge in [-0.3, -0.25) is 0 Å². The van der Waals surface area contributed by atoms with Gasteiger partial charge in [0.15, 0.2) is 0 Å². The van der Waals surface area contributed by atoms with Crippen LogP contribution in [0.2, 0.25) is 0 Å². The van der Waals surface area contributed by atoms with Crippen LogP contribution in [-0.4, -0.2) is 0 Å². The van der Waals surface area contributed by atoms with Gasteiger partial charge in [-0.05, 0) is 148 Å². The summed E-state index contributed by atoms with van der Waals surface area (Å²) in [6.07, 6.45) is 0. The van der Waals surface area contributed by atoms with Gasteiger partial charge in [-0.1, -0.05) is 237 Å². The highest BCUT2D eigenvalue weighted by Crippen LogP contribution is 2.58. The highest BCUT2D eigenvalue weighted by Gasteiger charge is 2.46. The van der Waals surface area contributed by atoms with E-state index in [4.69, 9.17) is 0 Å². The molecule has 1 heteroatoms. The van der Waals surface area contributed by atoms with Crippen LogP contribution >= 0.6 is 0 Å². The molecule has 0 fully saturated rings. The van der Waals surface area contributed by atoms with Crippen LogP contribution in [0.25, 0.3) is 77.2 Å². The summed E-state index contributed by atoms with van der Waals surface area (Å²) in [5, 5.41) is 5.00. The van der Waals surface area contributed by atoms with Crippen molar-refractivity contribution in [3.8, 4) is 55.6 Å². The Morgan fingerprint density at radius 3 is 1.21 bits per heavy atom. The first kappa shape index (κ1) is 41.2. The van der Waals surface area contributed by atoms with E-state index in [2.05, 4.69) is 290 Å². The number of hydrogen-bond donors (Lipinski definition) is 0. The van der Waals surface area contributed by atoms with Crippen LogP contribution in [0.4, 0.5) is 17.1 Å². The van der Waals surface area contributed by atoms with Crippen molar-refractivity contribution in [1.82, 2.24) is 0 Å². The summed E-state index contributed by atoms with van der Waals surface area (Å²) in [6, 6.07) is 105. The molecule has 0 aromatic heterocycles. The van der Waals surface area contributed by atoms with Crippen molar-refractivity contribution in [2.45, 2.75) is 5.41 Å². The Labute approximate surface area is 409 Å². The van der Waals surface area contributed by atoms with Crippen LogP contribution < -0.4 is 4.90 Å². The second kappa shape index (κ2) is 17.2. The third-order valence-electron chi connectivity index (χ3n) is 14.5. The molecule has 0 N–H and O–H groups in total. The molecule has 0 radical (unpaired) electrons. The van der Waals surface area contributed by atoms with E-state index in [0.717, 1.165) is 22.6 Å². The van der Waals surface area contributed by atoms with Gasteiger partial charge in [0.2, 0.25) is 0 Å². The lowest BCUT2D eigenvalue weighted by atomic mass is 9.67. The Bertz CT molecular complexity index is 3810. The highest BCUT2D eigenvalue weighted by molar-refractivity contribution is 5.96. The van der Waals surface area contributed by atoms with E-state index >= 15 is 0 Å². The molecule has 13 rings (SSSR count). The van der Waals surface area contributed by atoms with Crippen LogP contribution in [0.1, 0.15) is 22.3 Å². The zero-order chi connectivity index (χ0) is 46.4. The molecule has 1 aliphatic rings. The first-order chi connectivity index (χ1) is 34.7. The normalized spacial score (nSPS) is 12.4. The van der Waals surface area contributed by atoms with Crippen molar-refractivity contribution in [2.75, 3.05) is 4.90 Å². The molecule has 0 spiro atoms. The fraction of sp³-hybridized carbons (Fsp3) is 0.0145. The SMILES string of the molecule is c1ccc(C2(c3ccccc3)c3ccccc3-c3c(-c4ccc(N(c5ccc(-c6ccc7ccccc7c6)cc5)c5cccc(-c6ccc(-c7ccc8ccccc8c7)cc6)c5)cc4)cccc32)cc1. The monoisotopic (exact) mass is 889 g/mol. The predicted molar refractivity (Wildman–Crippen MR) is 295 cm³/mol. The second-order valence-electron chi connectivity index (χ2n) is 18.4. The Kier molecular flexibility index (Phi) is 10.1. The first-order valence-electron chi connectivity index (χ1n) is 24.2. The summed E-state index contributed by atoms with van der Waals surface area (Å²) in [6.45, 7) is 0. The molecule has 0 saturated heterocycles. The lowest BCUT2D eigenvalue weighted by molar-refractivity contribution is 0.768. The van der Waals surface area contributed by atoms with E-state index in [1.54, 1.807) is 0 Å². The molecule has 0 atom stereocenters. The molecule has 0 amide bonds. The molecular formula is C69H47N. The van der Waals surface area contributed by atoms with Crippen LogP contribution in [0.5, 0.6) is 0 Å². The zero-order valence-corrected chi connectivity index (χ0v) is 38.6. The van der Waals surface area contributed by atoms with Crippen molar-refractivity contribution in [3.63, 3.8) is 0 Å². The van der Waals surface area contributed by atoms with E-state index in [9.17, 15) is 0 Å². The third-order valence-corrected chi connectivity index (χ3v) is 14.5. The molecule has 0 heterocycles. The summed E-state index contributed by atoms with van der Waals surface area (Å²) < 4.78 is 0. The molecule has 0 bridgehead atoms. The van der Waals surface area contributed by atoms with E-state index in [0.29, 0.717) is 0 Å². The Morgan fingerprint density at radius 1 is 0.229 bits per heavy atom. The van der Waals surface area contributed by atoms with Crippen LogP contribution in [0.15, 0.2) is 285 Å². The van der Waals surface area contributed by atoms with Crippen molar-refractivity contribution in [3.05, 3.63) is 307 Å². The smallest absolute Gasteiger partial charge is 0.0713 e. The van der Waals surface area contributed by atoms with E-state index in [1.807, 2.05) is 0 Å². The van der Waals surface area contributed by atoms with Gasteiger partial charge in [0.25, 0.3) is 0 Å². The first-order valence-corrected chi connectivity index (χ1v) is 24.2. The summed E-state index contributed by atoms with van der Waals surface area (Å²) in [5.74, 6) is 0. The molecule has 0 saturated carbocycles. The van der Waals surface area contributed by atoms with Gasteiger partial charge in [0.1, 0.15) is 0 Å². The topological polar surface area (TPSA) is 3.24 Å². The Balaban J connectivity index is 0.904. The molecular weight excluding hydrogens is 843 g/mol. The number of nitrogens with zero attached hydrogens (tertiary/aromatic N) is 1. The highest BCUT2D eigenvalue weighted by atomic mass is 15.1. The minimum Gasteiger partial charge on any atom is -0.310 e. The molecule has 0 aliphatic heterocycles. The molecule has 1 nitrogen and oxygen atoms in total. The van der Waals surface area contributed by atoms with Gasteiger partial charge >= 0.3 is 0 Å². The Morgan fingerprint density at radius 2 is 0.643 bits per heavy atom. The van der Waals surface area contributed by atoms with E-state index in [-0.39, 0.29) is 0 Å². The maximum atomic E-state index is 2.39. The van der Waals surface area contributed by atoms with Gasteiger partial charge < -0.3 is 4.90 Å². The maximum Gasteiger partial charge on any atom is 0.0713 e. The number of fused-ring (bicyclic) bond motifs is 5. The van der Waals surface area contributed by atoms with Crippen LogP contribution in [-0.2, 0) is 5.41 Å². The predicted octanol–water partition coefficient (Wildman–Crippen LogP) is 18.5. The number of anilines is 3. The number of benzene rings is 12. The second-order valence-corrected chi connectivity index (χ2v) is 18.4. The molecule has 0 unspecified atom stereocenters. The lowest BCUT2D eigenvalue weighted by Crippen LogP contribution is -2.28. The maximum absolute atomic E-state index is 2.39. The molecule has 328 valence electrons. The fourth-order valence-electron chi connectivity index (χ4n) is 11.2. The minimum atomic E-state index is -0.456. The van der Waals surface area contributed by atoms with Crippen molar-refractivity contribution in [1.29, 1.82) is 0 Å². The molecule has 12 aromatic rings. The van der Waals surface area contributed by atoms with E-state index in [1.165, 1.54) is 93.9 Å². The summed E-state index contributed by atoms with van der Waals surface area (Å²) >= 11 is 0. The molecule has 70 heavy (non-hydrogen) atoms. The fourth-order valence-corrected chi connectivity index (χ4v) is 11.2. The van der Waals surface area contributed by atoms with Gasteiger partial charge in [0, 0.05) is 17.1 Å². The summed E-state index contributed by atoms with van der Waals surface area (Å²) in [5.41, 5.74) is 20.1. The standard InChI is InChI=1S/C69H47N/c1-3-20-59(21-4-1)69(60-22-5-2-6-23-60)66-27-12-11-25-65(66)68-64(26-14-28-67(68)69)53-39-43-62(44-40-53)70(61-41-37-52(38-42-61)58-36-34-49-16-8-10-18-55(49)46-58)63-24-13-19-56(47-63)50-29-31-51(32-30-50)57-35-33-48-15-7-9-17-54(48)45-57/h1-47H. The van der Waals surface area contributed by atoms with Gasteiger partial charge in [-0.2, -0.15) is 0 Å². The minimum absolute atomic E-state index is 0.456. The zero-order valence-electron chi connectivity index (χ0n) is 38.6. The van der Waals surface area contributed by atoms with Gasteiger partial charge in [-0.25, -0.2) is 0 Å². The largest absolute Gasteiger partial charge is 0.310 e. The van der Waals surface area contributed by atoms with Crippen molar-refractivity contribution in [2.24, 2.45) is 0 Å². The van der Waals surface area contributed by atoms with Gasteiger partial charge in [-0.15, -0.1) is 0 Å². The Hall–Kier alpha value is -9.04. The number of hydrogen-bond acceptors (Lipinski definition) is 1. The van der Waals surface area contributed by atoms with Gasteiger partial charge in [0.05, 0.1) is 5.41 Å².